The number of hydrogen-bond donors (Lipinski definition) is 1. The van der Waals surface area contributed by atoms with Crippen molar-refractivity contribution >= 4 is 11.4 Å². The molecule has 20 heavy (non-hydrogen) atoms. The Balaban J connectivity index is 1.64. The fourth-order valence-corrected chi connectivity index (χ4v) is 3.15. The first-order valence-corrected chi connectivity index (χ1v) is 7.73. The maximum absolute atomic E-state index is 5.76. The molecule has 1 unspecified atom stereocenters. The Morgan fingerprint density at radius 2 is 1.70 bits per heavy atom. The van der Waals surface area contributed by atoms with Gasteiger partial charge in [0.2, 0.25) is 0 Å². The molecule has 0 aromatic heterocycles. The van der Waals surface area contributed by atoms with Crippen molar-refractivity contribution in [1.82, 2.24) is 5.32 Å². The molecule has 0 spiro atoms. The minimum absolute atomic E-state index is 0.298. The highest BCUT2D eigenvalue weighted by molar-refractivity contribution is 5.57. The van der Waals surface area contributed by atoms with Crippen LogP contribution in [0, 0.1) is 0 Å². The average Bonchev–Trinajstić information content (AvgIpc) is 3.02. The van der Waals surface area contributed by atoms with Gasteiger partial charge in [-0.15, -0.1) is 0 Å². The summed E-state index contributed by atoms with van der Waals surface area (Å²) in [5, 5.41) is 3.20. The largest absolute Gasteiger partial charge is 0.373 e. The summed E-state index contributed by atoms with van der Waals surface area (Å²) in [6, 6.07) is 9.05. The lowest BCUT2D eigenvalue weighted by Gasteiger charge is -2.34. The monoisotopic (exact) mass is 275 g/mol. The summed E-state index contributed by atoms with van der Waals surface area (Å²) < 4.78 is 5.76. The molecule has 2 aliphatic rings. The number of nitrogens with zero attached hydrogens (tertiary/aromatic N) is 2. The highest BCUT2D eigenvalue weighted by atomic mass is 16.5. The molecule has 1 atom stereocenters. The molecule has 2 aliphatic heterocycles. The number of likely N-dealkylation sites (N-methyl/N-ethyl adjacent to an activating group) is 1. The van der Waals surface area contributed by atoms with Crippen molar-refractivity contribution in [3.05, 3.63) is 24.3 Å². The topological polar surface area (TPSA) is 27.7 Å². The van der Waals surface area contributed by atoms with Crippen LogP contribution in [0.3, 0.4) is 0 Å². The molecular formula is C16H25N3O. The number of morpholine rings is 1. The van der Waals surface area contributed by atoms with Gasteiger partial charge in [-0.2, -0.15) is 0 Å². The van der Waals surface area contributed by atoms with Crippen molar-refractivity contribution in [1.29, 1.82) is 0 Å². The summed E-state index contributed by atoms with van der Waals surface area (Å²) in [6.07, 6.45) is 2.96. The zero-order valence-corrected chi connectivity index (χ0v) is 12.3. The first kappa shape index (κ1) is 13.7. The van der Waals surface area contributed by atoms with Crippen LogP contribution >= 0.6 is 0 Å². The van der Waals surface area contributed by atoms with E-state index < -0.39 is 0 Å². The molecule has 2 saturated heterocycles. The smallest absolute Gasteiger partial charge is 0.0874 e. The van der Waals surface area contributed by atoms with Crippen LogP contribution in [0.15, 0.2) is 24.3 Å². The molecule has 2 heterocycles. The molecular weight excluding hydrogens is 250 g/mol. The quantitative estimate of drug-likeness (QED) is 0.905. The summed E-state index contributed by atoms with van der Waals surface area (Å²) in [4.78, 5) is 4.91. The molecule has 1 aromatic carbocycles. The summed E-state index contributed by atoms with van der Waals surface area (Å²) in [5.74, 6) is 0. The SMILES string of the molecule is CNCC1CN(c2ccc(N3CCCC3)cc2)CCO1. The van der Waals surface area contributed by atoms with Crippen LogP contribution in [0.5, 0.6) is 0 Å². The third kappa shape index (κ3) is 3.07. The highest BCUT2D eigenvalue weighted by Crippen LogP contribution is 2.24. The van der Waals surface area contributed by atoms with E-state index in [0.717, 1.165) is 26.2 Å². The van der Waals surface area contributed by atoms with Gasteiger partial charge >= 0.3 is 0 Å². The molecule has 0 aliphatic carbocycles. The van der Waals surface area contributed by atoms with Gasteiger partial charge in [0, 0.05) is 44.1 Å². The number of nitrogens with one attached hydrogen (secondary N) is 1. The molecule has 4 heteroatoms. The van der Waals surface area contributed by atoms with Gasteiger partial charge in [-0.3, -0.25) is 0 Å². The Labute approximate surface area is 121 Å². The number of hydrogen-bond acceptors (Lipinski definition) is 4. The minimum Gasteiger partial charge on any atom is -0.373 e. The van der Waals surface area contributed by atoms with Gasteiger partial charge in [0.1, 0.15) is 0 Å². The van der Waals surface area contributed by atoms with Crippen LogP contribution in [0.25, 0.3) is 0 Å². The molecule has 4 nitrogen and oxygen atoms in total. The standard InChI is InChI=1S/C16H25N3O/c1-17-12-16-13-19(10-11-20-16)15-6-4-14(5-7-15)18-8-2-3-9-18/h4-7,16-17H,2-3,8-13H2,1H3. The molecule has 1 N–H and O–H groups in total. The molecule has 3 rings (SSSR count). The molecule has 1 aromatic rings. The van der Waals surface area contributed by atoms with E-state index in [1.807, 2.05) is 7.05 Å². The fourth-order valence-electron chi connectivity index (χ4n) is 3.15. The first-order valence-electron chi connectivity index (χ1n) is 7.73. The van der Waals surface area contributed by atoms with Crippen LogP contribution < -0.4 is 15.1 Å². The molecule has 110 valence electrons. The average molecular weight is 275 g/mol. The Morgan fingerprint density at radius 1 is 1.05 bits per heavy atom. The van der Waals surface area contributed by atoms with Gasteiger partial charge in [0.05, 0.1) is 12.7 Å². The normalized spacial score (nSPS) is 23.4. The maximum atomic E-state index is 5.76. The van der Waals surface area contributed by atoms with Gasteiger partial charge in [-0.1, -0.05) is 0 Å². The van der Waals surface area contributed by atoms with Crippen LogP contribution in [-0.4, -0.2) is 52.5 Å². The molecule has 0 amide bonds. The van der Waals surface area contributed by atoms with E-state index in [2.05, 4.69) is 39.4 Å². The number of benzene rings is 1. The zero-order valence-electron chi connectivity index (χ0n) is 12.3. The number of ether oxygens (including phenoxy) is 1. The Hall–Kier alpha value is -1.26. The van der Waals surface area contributed by atoms with Crippen molar-refractivity contribution in [3.8, 4) is 0 Å². The molecule has 0 radical (unpaired) electrons. The van der Waals surface area contributed by atoms with Gasteiger partial charge in [-0.25, -0.2) is 0 Å². The maximum Gasteiger partial charge on any atom is 0.0874 e. The second kappa shape index (κ2) is 6.46. The molecule has 0 bridgehead atoms. The van der Waals surface area contributed by atoms with Crippen LogP contribution in [0.2, 0.25) is 0 Å². The van der Waals surface area contributed by atoms with Gasteiger partial charge in [-0.05, 0) is 44.2 Å². The second-order valence-corrected chi connectivity index (χ2v) is 5.71. The van der Waals surface area contributed by atoms with Gasteiger partial charge in [0.25, 0.3) is 0 Å². The predicted octanol–water partition coefficient (Wildman–Crippen LogP) is 1.71. The van der Waals surface area contributed by atoms with Crippen LogP contribution in [0.4, 0.5) is 11.4 Å². The summed E-state index contributed by atoms with van der Waals surface area (Å²) in [6.45, 7) is 6.12. The van der Waals surface area contributed by atoms with E-state index in [0.29, 0.717) is 6.10 Å². The van der Waals surface area contributed by atoms with Crippen molar-refractivity contribution in [2.24, 2.45) is 0 Å². The van der Waals surface area contributed by atoms with E-state index in [4.69, 9.17) is 4.74 Å². The van der Waals surface area contributed by atoms with Crippen molar-refractivity contribution in [2.75, 3.05) is 56.2 Å². The Kier molecular flexibility index (Phi) is 4.43. The fraction of sp³-hybridized carbons (Fsp3) is 0.625. The van der Waals surface area contributed by atoms with Crippen molar-refractivity contribution < 1.29 is 4.74 Å². The van der Waals surface area contributed by atoms with E-state index in [1.165, 1.54) is 37.3 Å². The van der Waals surface area contributed by atoms with E-state index in [-0.39, 0.29) is 0 Å². The lowest BCUT2D eigenvalue weighted by Crippen LogP contribution is -2.46. The third-order valence-corrected chi connectivity index (χ3v) is 4.26. The van der Waals surface area contributed by atoms with Gasteiger partial charge < -0.3 is 19.9 Å². The van der Waals surface area contributed by atoms with Gasteiger partial charge in [0.15, 0.2) is 0 Å². The van der Waals surface area contributed by atoms with E-state index in [9.17, 15) is 0 Å². The lowest BCUT2D eigenvalue weighted by atomic mass is 10.2. The molecule has 2 fully saturated rings. The Bertz CT molecular complexity index is 412. The number of anilines is 2. The molecule has 0 saturated carbocycles. The zero-order chi connectivity index (χ0) is 13.8. The van der Waals surface area contributed by atoms with Crippen molar-refractivity contribution in [3.63, 3.8) is 0 Å². The third-order valence-electron chi connectivity index (χ3n) is 4.26. The van der Waals surface area contributed by atoms with Crippen LogP contribution in [0.1, 0.15) is 12.8 Å². The number of rotatable bonds is 4. The highest BCUT2D eigenvalue weighted by Gasteiger charge is 2.20. The second-order valence-electron chi connectivity index (χ2n) is 5.71. The van der Waals surface area contributed by atoms with E-state index >= 15 is 0 Å². The summed E-state index contributed by atoms with van der Waals surface area (Å²) in [7, 11) is 1.98. The van der Waals surface area contributed by atoms with Crippen LogP contribution in [-0.2, 0) is 4.74 Å². The van der Waals surface area contributed by atoms with Crippen molar-refractivity contribution in [2.45, 2.75) is 18.9 Å². The first-order chi connectivity index (χ1) is 9.86. The predicted molar refractivity (Wildman–Crippen MR) is 83.8 cm³/mol. The Morgan fingerprint density at radius 3 is 2.35 bits per heavy atom. The van der Waals surface area contributed by atoms with E-state index in [1.54, 1.807) is 0 Å². The lowest BCUT2D eigenvalue weighted by molar-refractivity contribution is 0.0422. The minimum atomic E-state index is 0.298. The summed E-state index contributed by atoms with van der Waals surface area (Å²) in [5.41, 5.74) is 2.68. The summed E-state index contributed by atoms with van der Waals surface area (Å²) >= 11 is 0.